The minimum absolute atomic E-state index is 0.149. The fourth-order valence-electron chi connectivity index (χ4n) is 2.76. The molecule has 1 aromatic carbocycles. The number of H-pyrrole nitrogens is 1. The van der Waals surface area contributed by atoms with Crippen LogP contribution in [0, 0.1) is 0 Å². The van der Waals surface area contributed by atoms with E-state index in [1.807, 2.05) is 18.2 Å². The summed E-state index contributed by atoms with van der Waals surface area (Å²) in [4.78, 5) is 18.8. The lowest BCUT2D eigenvalue weighted by atomic mass is 10.1. The molecule has 2 aromatic heterocycles. The number of anilines is 1. The lowest BCUT2D eigenvalue weighted by molar-refractivity contribution is 0.0957. The van der Waals surface area contributed by atoms with Crippen molar-refractivity contribution < 1.29 is 4.79 Å². The smallest absolute Gasteiger partial charge is 0.271 e. The quantitative estimate of drug-likeness (QED) is 0.758. The molecule has 0 spiro atoms. The molecule has 0 radical (unpaired) electrons. The van der Waals surface area contributed by atoms with Crippen molar-refractivity contribution in [3.05, 3.63) is 41.2 Å². The average Bonchev–Trinajstić information content (AvgIpc) is 3.17. The molecule has 0 saturated heterocycles. The van der Waals surface area contributed by atoms with Crippen LogP contribution in [0.3, 0.4) is 0 Å². The fraction of sp³-hybridized carbons (Fsp3) is 0.267. The summed E-state index contributed by atoms with van der Waals surface area (Å²) in [6.45, 7) is 1.54. The molecule has 3 aromatic rings. The van der Waals surface area contributed by atoms with Crippen molar-refractivity contribution in [1.82, 2.24) is 20.5 Å². The Morgan fingerprint density at radius 3 is 3.09 bits per heavy atom. The highest BCUT2D eigenvalue weighted by Crippen LogP contribution is 2.32. The van der Waals surface area contributed by atoms with E-state index < -0.39 is 0 Å². The van der Waals surface area contributed by atoms with Crippen LogP contribution in [0.15, 0.2) is 24.3 Å². The summed E-state index contributed by atoms with van der Waals surface area (Å²) < 4.78 is 1.18. The van der Waals surface area contributed by atoms with Gasteiger partial charge in [0.1, 0.15) is 0 Å². The largest absolute Gasteiger partial charge is 0.354 e. The van der Waals surface area contributed by atoms with Crippen LogP contribution in [0.4, 0.5) is 5.13 Å². The van der Waals surface area contributed by atoms with E-state index in [0.29, 0.717) is 12.2 Å². The average molecular weight is 313 g/mol. The number of amides is 1. The number of aromatic nitrogens is 3. The third-order valence-corrected chi connectivity index (χ3v) is 5.03. The van der Waals surface area contributed by atoms with Crippen molar-refractivity contribution in [2.45, 2.75) is 13.0 Å². The maximum absolute atomic E-state index is 11.9. The molecule has 1 amide bonds. The van der Waals surface area contributed by atoms with Gasteiger partial charge >= 0.3 is 0 Å². The van der Waals surface area contributed by atoms with Crippen molar-refractivity contribution in [3.8, 4) is 0 Å². The summed E-state index contributed by atoms with van der Waals surface area (Å²) in [5.74, 6) is -0.149. The second kappa shape index (κ2) is 5.10. The Morgan fingerprint density at radius 2 is 2.27 bits per heavy atom. The van der Waals surface area contributed by atoms with Gasteiger partial charge in [-0.1, -0.05) is 23.5 Å². The van der Waals surface area contributed by atoms with Crippen molar-refractivity contribution in [2.75, 3.05) is 18.5 Å². The molecule has 0 saturated carbocycles. The molecule has 1 aliphatic heterocycles. The van der Waals surface area contributed by atoms with Gasteiger partial charge in [-0.25, -0.2) is 4.98 Å². The zero-order valence-electron chi connectivity index (χ0n) is 12.1. The van der Waals surface area contributed by atoms with Gasteiger partial charge in [0.2, 0.25) is 0 Å². The Kier molecular flexibility index (Phi) is 3.07. The van der Waals surface area contributed by atoms with Crippen molar-refractivity contribution in [1.29, 1.82) is 0 Å². The van der Waals surface area contributed by atoms with Gasteiger partial charge in [0.25, 0.3) is 5.91 Å². The highest BCUT2D eigenvalue weighted by Gasteiger charge is 2.26. The van der Waals surface area contributed by atoms with Gasteiger partial charge in [-0.05, 0) is 12.1 Å². The minimum Gasteiger partial charge on any atom is -0.354 e. The molecule has 2 N–H and O–H groups in total. The number of nitrogens with zero attached hydrogens (tertiary/aromatic N) is 3. The predicted octanol–water partition coefficient (Wildman–Crippen LogP) is 1.94. The normalized spacial score (nSPS) is 14.1. The summed E-state index contributed by atoms with van der Waals surface area (Å²) in [5, 5.41) is 10.8. The molecule has 0 unspecified atom stereocenters. The van der Waals surface area contributed by atoms with Crippen molar-refractivity contribution >= 4 is 32.6 Å². The number of carbonyl (C=O) groups excluding carboxylic acids is 1. The maximum atomic E-state index is 11.9. The lowest BCUT2D eigenvalue weighted by Gasteiger charge is -2.26. The van der Waals surface area contributed by atoms with E-state index in [1.54, 1.807) is 18.4 Å². The monoisotopic (exact) mass is 313 g/mol. The molecule has 7 heteroatoms. The van der Waals surface area contributed by atoms with Crippen LogP contribution in [-0.4, -0.2) is 34.7 Å². The molecule has 0 atom stereocenters. The molecule has 1 aliphatic rings. The van der Waals surface area contributed by atoms with Gasteiger partial charge in [0.05, 0.1) is 10.2 Å². The molecule has 22 heavy (non-hydrogen) atoms. The van der Waals surface area contributed by atoms with Crippen LogP contribution in [-0.2, 0) is 13.0 Å². The van der Waals surface area contributed by atoms with E-state index in [1.165, 1.54) is 4.70 Å². The Balaban J connectivity index is 1.68. The molecule has 0 fully saturated rings. The van der Waals surface area contributed by atoms with Crippen LogP contribution >= 0.6 is 11.3 Å². The zero-order valence-corrected chi connectivity index (χ0v) is 12.9. The van der Waals surface area contributed by atoms with Crippen LogP contribution in [0.5, 0.6) is 0 Å². The standard InChI is InChI=1S/C15H15N5OS/c1-16-14(21)13-9-8-20(7-6-10(9)18-19-13)15-17-11-4-2-3-5-12(11)22-15/h2-5H,6-8H2,1H3,(H,16,21)(H,18,19). The van der Waals surface area contributed by atoms with Gasteiger partial charge in [0, 0.05) is 37.8 Å². The van der Waals surface area contributed by atoms with Gasteiger partial charge < -0.3 is 10.2 Å². The zero-order chi connectivity index (χ0) is 15.1. The summed E-state index contributed by atoms with van der Waals surface area (Å²) in [5.41, 5.74) is 3.54. The van der Waals surface area contributed by atoms with Gasteiger partial charge in [-0.15, -0.1) is 0 Å². The highest BCUT2D eigenvalue weighted by molar-refractivity contribution is 7.22. The summed E-state index contributed by atoms with van der Waals surface area (Å²) in [6.07, 6.45) is 0.843. The van der Waals surface area contributed by atoms with E-state index in [9.17, 15) is 4.79 Å². The number of aromatic amines is 1. The van der Waals surface area contributed by atoms with Crippen LogP contribution in [0.2, 0.25) is 0 Å². The number of nitrogens with one attached hydrogen (secondary N) is 2. The third kappa shape index (κ3) is 2.05. The number of benzene rings is 1. The second-order valence-electron chi connectivity index (χ2n) is 5.24. The van der Waals surface area contributed by atoms with Gasteiger partial charge in [-0.3, -0.25) is 9.89 Å². The Hall–Kier alpha value is -2.41. The molecule has 3 heterocycles. The number of thiazole rings is 1. The van der Waals surface area contributed by atoms with Gasteiger partial charge in [-0.2, -0.15) is 5.10 Å². The first-order valence-electron chi connectivity index (χ1n) is 7.15. The summed E-state index contributed by atoms with van der Waals surface area (Å²) in [6, 6.07) is 8.14. The van der Waals surface area contributed by atoms with Crippen molar-refractivity contribution in [3.63, 3.8) is 0 Å². The molecule has 4 rings (SSSR count). The number of hydrogen-bond acceptors (Lipinski definition) is 5. The highest BCUT2D eigenvalue weighted by atomic mass is 32.1. The second-order valence-corrected chi connectivity index (χ2v) is 6.25. The topological polar surface area (TPSA) is 73.9 Å². The first-order valence-corrected chi connectivity index (χ1v) is 7.96. The minimum atomic E-state index is -0.149. The van der Waals surface area contributed by atoms with E-state index >= 15 is 0 Å². The van der Waals surface area contributed by atoms with Crippen molar-refractivity contribution in [2.24, 2.45) is 0 Å². The lowest BCUT2D eigenvalue weighted by Crippen LogP contribution is -2.31. The number of hydrogen-bond donors (Lipinski definition) is 2. The SMILES string of the molecule is CNC(=O)c1n[nH]c2c1CN(c1nc3ccccc3s1)CC2. The Morgan fingerprint density at radius 1 is 1.41 bits per heavy atom. The van der Waals surface area contributed by atoms with Crippen LogP contribution in [0.1, 0.15) is 21.7 Å². The first kappa shape index (κ1) is 13.3. The molecule has 0 bridgehead atoms. The molecule has 0 aliphatic carbocycles. The van der Waals surface area contributed by atoms with E-state index in [4.69, 9.17) is 4.98 Å². The molecular weight excluding hydrogens is 298 g/mol. The van der Waals surface area contributed by atoms with E-state index in [2.05, 4.69) is 26.5 Å². The molecule has 112 valence electrons. The third-order valence-electron chi connectivity index (χ3n) is 3.93. The van der Waals surface area contributed by atoms with E-state index in [-0.39, 0.29) is 5.91 Å². The fourth-order valence-corrected chi connectivity index (χ4v) is 3.75. The number of rotatable bonds is 2. The molecule has 6 nitrogen and oxygen atoms in total. The Bertz CT molecular complexity index is 820. The maximum Gasteiger partial charge on any atom is 0.271 e. The number of fused-ring (bicyclic) bond motifs is 2. The predicted molar refractivity (Wildman–Crippen MR) is 86.4 cm³/mol. The Labute approximate surface area is 131 Å². The molecular formula is C15H15N5OS. The number of carbonyl (C=O) groups is 1. The van der Waals surface area contributed by atoms with E-state index in [0.717, 1.165) is 34.9 Å². The number of para-hydroxylation sites is 1. The van der Waals surface area contributed by atoms with Crippen LogP contribution < -0.4 is 10.2 Å². The van der Waals surface area contributed by atoms with Crippen LogP contribution in [0.25, 0.3) is 10.2 Å². The summed E-state index contributed by atoms with van der Waals surface area (Å²) in [7, 11) is 1.62. The first-order chi connectivity index (χ1) is 10.8. The van der Waals surface area contributed by atoms with Gasteiger partial charge in [0.15, 0.2) is 10.8 Å². The summed E-state index contributed by atoms with van der Waals surface area (Å²) >= 11 is 1.68.